The van der Waals surface area contributed by atoms with Crippen LogP contribution in [0.3, 0.4) is 0 Å². The van der Waals surface area contributed by atoms with Crippen molar-refractivity contribution in [3.8, 4) is 33.8 Å². The van der Waals surface area contributed by atoms with Crippen molar-refractivity contribution in [2.24, 2.45) is 0 Å². The van der Waals surface area contributed by atoms with Crippen molar-refractivity contribution < 1.29 is 19.1 Å². The summed E-state index contributed by atoms with van der Waals surface area (Å²) in [6.07, 6.45) is 1.56. The fourth-order valence-electron chi connectivity index (χ4n) is 2.81. The molecule has 0 bridgehead atoms. The van der Waals surface area contributed by atoms with Gasteiger partial charge < -0.3 is 14.3 Å². The second-order valence-electron chi connectivity index (χ2n) is 6.09. The van der Waals surface area contributed by atoms with Gasteiger partial charge in [0.15, 0.2) is 5.76 Å². The lowest BCUT2D eigenvalue weighted by Crippen LogP contribution is -2.03. The second-order valence-corrected chi connectivity index (χ2v) is 7.04. The van der Waals surface area contributed by atoms with Crippen molar-refractivity contribution in [2.75, 3.05) is 0 Å². The van der Waals surface area contributed by atoms with Gasteiger partial charge in [-0.2, -0.15) is 5.26 Å². The summed E-state index contributed by atoms with van der Waals surface area (Å²) in [5, 5.41) is 20.7. The molecule has 29 heavy (non-hydrogen) atoms. The Morgan fingerprint density at radius 2 is 2.03 bits per heavy atom. The van der Waals surface area contributed by atoms with Gasteiger partial charge in [-0.15, -0.1) is 11.3 Å². The Balaban J connectivity index is 1.71. The lowest BCUT2D eigenvalue weighted by Gasteiger charge is -2.12. The minimum atomic E-state index is -0.988. The highest BCUT2D eigenvalue weighted by Gasteiger charge is 2.18. The predicted octanol–water partition coefficient (Wildman–Crippen LogP) is 5.22. The first-order valence-corrected chi connectivity index (χ1v) is 9.51. The standard InChI is InChI=1S/C22H14N2O4S/c23-12-17-16(20-4-2-10-29-20)11-18(19-3-1-9-27-19)24-21(17)28-13-14-5-7-15(8-6-14)22(25)26/h1-11H,13H2,(H,25,26). The molecule has 0 saturated carbocycles. The average molecular weight is 402 g/mol. The van der Waals surface area contributed by atoms with Crippen LogP contribution >= 0.6 is 11.3 Å². The highest BCUT2D eigenvalue weighted by molar-refractivity contribution is 7.13. The molecule has 0 aliphatic heterocycles. The van der Waals surface area contributed by atoms with Crippen molar-refractivity contribution in [3.63, 3.8) is 0 Å². The summed E-state index contributed by atoms with van der Waals surface area (Å²) in [4.78, 5) is 16.4. The van der Waals surface area contributed by atoms with Crippen LogP contribution in [0.1, 0.15) is 21.5 Å². The van der Waals surface area contributed by atoms with Crippen LogP contribution in [0.15, 0.2) is 70.7 Å². The fourth-order valence-corrected chi connectivity index (χ4v) is 3.55. The number of furan rings is 1. The number of nitriles is 1. The molecule has 7 heteroatoms. The molecule has 0 amide bonds. The van der Waals surface area contributed by atoms with E-state index in [1.165, 1.54) is 23.5 Å². The molecule has 3 aromatic heterocycles. The Morgan fingerprint density at radius 1 is 1.21 bits per heavy atom. The van der Waals surface area contributed by atoms with Crippen molar-refractivity contribution in [1.82, 2.24) is 4.98 Å². The van der Waals surface area contributed by atoms with E-state index in [0.29, 0.717) is 17.0 Å². The van der Waals surface area contributed by atoms with Crippen molar-refractivity contribution in [1.29, 1.82) is 5.26 Å². The van der Waals surface area contributed by atoms with Crippen molar-refractivity contribution in [2.45, 2.75) is 6.61 Å². The van der Waals surface area contributed by atoms with Gasteiger partial charge in [0, 0.05) is 10.4 Å². The van der Waals surface area contributed by atoms with Gasteiger partial charge in [0.2, 0.25) is 5.88 Å². The summed E-state index contributed by atoms with van der Waals surface area (Å²) >= 11 is 1.52. The van der Waals surface area contributed by atoms with E-state index in [0.717, 1.165) is 16.0 Å². The molecule has 3 heterocycles. The first-order valence-electron chi connectivity index (χ1n) is 8.63. The normalized spacial score (nSPS) is 10.4. The zero-order chi connectivity index (χ0) is 20.2. The van der Waals surface area contributed by atoms with Crippen LogP contribution in [-0.4, -0.2) is 16.1 Å². The Morgan fingerprint density at radius 3 is 2.66 bits per heavy atom. The van der Waals surface area contributed by atoms with Gasteiger partial charge in [-0.1, -0.05) is 18.2 Å². The number of carbonyl (C=O) groups is 1. The molecule has 6 nitrogen and oxygen atoms in total. The van der Waals surface area contributed by atoms with Crippen molar-refractivity contribution >= 4 is 17.3 Å². The molecule has 4 rings (SSSR count). The van der Waals surface area contributed by atoms with Crippen LogP contribution in [-0.2, 0) is 6.61 Å². The van der Waals surface area contributed by atoms with Gasteiger partial charge in [0.05, 0.1) is 11.8 Å². The second kappa shape index (κ2) is 8.00. The lowest BCUT2D eigenvalue weighted by atomic mass is 10.1. The summed E-state index contributed by atoms with van der Waals surface area (Å²) in [5.74, 6) is -0.215. The molecule has 1 aromatic carbocycles. The Kier molecular flexibility index (Phi) is 5.10. The molecule has 0 spiro atoms. The van der Waals surface area contributed by atoms with E-state index in [-0.39, 0.29) is 18.1 Å². The molecule has 0 atom stereocenters. The molecular weight excluding hydrogens is 388 g/mol. The molecule has 0 aliphatic rings. The zero-order valence-electron chi connectivity index (χ0n) is 15.0. The van der Waals surface area contributed by atoms with Crippen LogP contribution in [0.5, 0.6) is 5.88 Å². The van der Waals surface area contributed by atoms with Crippen LogP contribution < -0.4 is 4.74 Å². The molecule has 0 radical (unpaired) electrons. The fraction of sp³-hybridized carbons (Fsp3) is 0.0455. The molecule has 4 aromatic rings. The van der Waals surface area contributed by atoms with Gasteiger partial charge in [-0.05, 0) is 47.3 Å². The van der Waals surface area contributed by atoms with Crippen LogP contribution in [0.4, 0.5) is 0 Å². The van der Waals surface area contributed by atoms with E-state index >= 15 is 0 Å². The molecule has 1 N–H and O–H groups in total. The Hall–Kier alpha value is -3.89. The molecule has 0 saturated heterocycles. The largest absolute Gasteiger partial charge is 0.478 e. The van der Waals surface area contributed by atoms with E-state index in [2.05, 4.69) is 11.1 Å². The smallest absolute Gasteiger partial charge is 0.335 e. The number of hydrogen-bond acceptors (Lipinski definition) is 6. The minimum absolute atomic E-state index is 0.146. The topological polar surface area (TPSA) is 96.4 Å². The predicted molar refractivity (Wildman–Crippen MR) is 108 cm³/mol. The number of benzene rings is 1. The number of hydrogen-bond donors (Lipinski definition) is 1. The molecule has 0 unspecified atom stereocenters. The summed E-state index contributed by atoms with van der Waals surface area (Å²) in [7, 11) is 0. The minimum Gasteiger partial charge on any atom is -0.478 e. The van der Waals surface area contributed by atoms with E-state index in [1.54, 1.807) is 30.5 Å². The average Bonchev–Trinajstić information content (AvgIpc) is 3.46. The molecule has 0 aliphatic carbocycles. The number of carboxylic acid groups (broad SMARTS) is 1. The number of rotatable bonds is 6. The highest BCUT2D eigenvalue weighted by Crippen LogP contribution is 2.35. The van der Waals surface area contributed by atoms with Crippen LogP contribution in [0, 0.1) is 11.3 Å². The first kappa shape index (κ1) is 18.5. The maximum atomic E-state index is 11.0. The first-order chi connectivity index (χ1) is 14.2. The number of pyridine rings is 1. The number of carboxylic acids is 1. The summed E-state index contributed by atoms with van der Waals surface area (Å²) in [5.41, 5.74) is 2.59. The van der Waals surface area contributed by atoms with E-state index in [4.69, 9.17) is 14.3 Å². The summed E-state index contributed by atoms with van der Waals surface area (Å²) < 4.78 is 11.3. The molecule has 0 fully saturated rings. The van der Waals surface area contributed by atoms with E-state index in [1.807, 2.05) is 23.6 Å². The number of aromatic carboxylic acids is 1. The molecular formula is C22H14N2O4S. The monoisotopic (exact) mass is 402 g/mol. The van der Waals surface area contributed by atoms with Crippen molar-refractivity contribution in [3.05, 3.63) is 82.9 Å². The van der Waals surface area contributed by atoms with Gasteiger partial charge >= 0.3 is 5.97 Å². The summed E-state index contributed by atoms with van der Waals surface area (Å²) in [6.45, 7) is 0.146. The highest BCUT2D eigenvalue weighted by atomic mass is 32.1. The Labute approximate surface area is 170 Å². The SMILES string of the molecule is N#Cc1c(-c2cccs2)cc(-c2ccco2)nc1OCc1ccc(C(=O)O)cc1. The number of nitrogens with zero attached hydrogens (tertiary/aromatic N) is 2. The van der Waals surface area contributed by atoms with Gasteiger partial charge in [-0.3, -0.25) is 0 Å². The number of ether oxygens (including phenoxy) is 1. The van der Waals surface area contributed by atoms with Gasteiger partial charge in [0.25, 0.3) is 0 Å². The molecule has 142 valence electrons. The zero-order valence-corrected chi connectivity index (χ0v) is 15.8. The number of thiophene rings is 1. The number of aromatic nitrogens is 1. The Bertz CT molecular complexity index is 1180. The van der Waals surface area contributed by atoms with E-state index in [9.17, 15) is 10.1 Å². The van der Waals surface area contributed by atoms with E-state index < -0.39 is 5.97 Å². The van der Waals surface area contributed by atoms with Crippen LogP contribution in [0.2, 0.25) is 0 Å². The quantitative estimate of drug-likeness (QED) is 0.475. The lowest BCUT2D eigenvalue weighted by molar-refractivity contribution is 0.0697. The third-order valence-corrected chi connectivity index (χ3v) is 5.14. The third-order valence-electron chi connectivity index (χ3n) is 4.23. The van der Waals surface area contributed by atoms with Crippen LogP contribution in [0.25, 0.3) is 21.9 Å². The third kappa shape index (κ3) is 3.88. The van der Waals surface area contributed by atoms with Gasteiger partial charge in [-0.25, -0.2) is 9.78 Å². The summed E-state index contributed by atoms with van der Waals surface area (Å²) in [6, 6.07) is 17.8. The maximum Gasteiger partial charge on any atom is 0.335 e. The maximum absolute atomic E-state index is 11.0. The van der Waals surface area contributed by atoms with Gasteiger partial charge in [0.1, 0.15) is 23.9 Å².